The van der Waals surface area contributed by atoms with Gasteiger partial charge in [-0.2, -0.15) is 0 Å². The molecule has 3 N–H and O–H groups in total. The van der Waals surface area contributed by atoms with Crippen LogP contribution in [-0.4, -0.2) is 58.5 Å². The molecule has 1 heterocycles. The number of nitrogens with zero attached hydrogens (tertiary/aromatic N) is 3. The number of benzene rings is 2. The van der Waals surface area contributed by atoms with Gasteiger partial charge in [-0.05, 0) is 62.9 Å². The Morgan fingerprint density at radius 1 is 1.05 bits per heavy atom. The van der Waals surface area contributed by atoms with E-state index in [1.165, 1.54) is 19.2 Å². The van der Waals surface area contributed by atoms with Crippen LogP contribution in [0.4, 0.5) is 10.3 Å². The Hall–Kier alpha value is -3.28. The molecule has 0 fully saturated rings. The Kier molecular flexibility index (Phi) is 9.64. The molecule has 1 aromatic heterocycles. The summed E-state index contributed by atoms with van der Waals surface area (Å²) in [5, 5.41) is 29.3. The van der Waals surface area contributed by atoms with E-state index in [0.717, 1.165) is 4.31 Å². The van der Waals surface area contributed by atoms with E-state index >= 15 is 0 Å². The number of aromatic nitrogens is 2. The Morgan fingerprint density at radius 2 is 1.68 bits per heavy atom. The van der Waals surface area contributed by atoms with Crippen LogP contribution in [0.5, 0.6) is 0 Å². The van der Waals surface area contributed by atoms with E-state index < -0.39 is 40.4 Å². The van der Waals surface area contributed by atoms with Gasteiger partial charge in [-0.25, -0.2) is 22.1 Å². The first-order valence-electron chi connectivity index (χ1n) is 12.3. The van der Waals surface area contributed by atoms with E-state index in [-0.39, 0.29) is 37.0 Å². The molecule has 0 saturated carbocycles. The van der Waals surface area contributed by atoms with Gasteiger partial charge < -0.3 is 19.9 Å². The number of anilines is 1. The molecular weight excluding hydrogens is 513 g/mol. The van der Waals surface area contributed by atoms with E-state index in [4.69, 9.17) is 10.1 Å². The number of aliphatic hydroxyl groups is 2. The second kappa shape index (κ2) is 12.5. The highest BCUT2D eigenvalue weighted by Crippen LogP contribution is 2.34. The predicted molar refractivity (Wildman–Crippen MR) is 143 cm³/mol. The number of hydrogen-bond acceptors (Lipinski definition) is 6. The van der Waals surface area contributed by atoms with Crippen molar-refractivity contribution >= 4 is 21.9 Å². The summed E-state index contributed by atoms with van der Waals surface area (Å²) in [5.41, 5.74) is 2.30. The third kappa shape index (κ3) is 7.40. The predicted octanol–water partition coefficient (Wildman–Crippen LogP) is 3.76. The zero-order chi connectivity index (χ0) is 28.0. The number of rotatable bonds is 13. The van der Waals surface area contributed by atoms with E-state index in [2.05, 4.69) is 0 Å². The van der Waals surface area contributed by atoms with Crippen LogP contribution < -0.4 is 4.31 Å². The van der Waals surface area contributed by atoms with Crippen LogP contribution >= 0.6 is 0 Å². The summed E-state index contributed by atoms with van der Waals surface area (Å²) in [7, 11) is -2.38. The van der Waals surface area contributed by atoms with Crippen LogP contribution in [0.3, 0.4) is 0 Å². The monoisotopic (exact) mass is 547 g/mol. The zero-order valence-electron chi connectivity index (χ0n) is 21.7. The molecule has 0 bridgehead atoms. The second-order valence-electron chi connectivity index (χ2n) is 9.57. The third-order valence-corrected chi connectivity index (χ3v) is 7.88. The number of imidazole rings is 1. The Balaban J connectivity index is 2.00. The van der Waals surface area contributed by atoms with Gasteiger partial charge in [0.2, 0.25) is 16.0 Å². The quantitative estimate of drug-likeness (QED) is 0.297. The van der Waals surface area contributed by atoms with Crippen molar-refractivity contribution < 1.29 is 32.9 Å². The summed E-state index contributed by atoms with van der Waals surface area (Å²) in [6.45, 7) is 3.77. The van der Waals surface area contributed by atoms with Gasteiger partial charge in [-0.1, -0.05) is 30.3 Å². The minimum absolute atomic E-state index is 0.119. The van der Waals surface area contributed by atoms with Crippen molar-refractivity contribution in [1.29, 1.82) is 0 Å². The number of sulfonamides is 1. The lowest BCUT2D eigenvalue weighted by molar-refractivity contribution is -0.139. The summed E-state index contributed by atoms with van der Waals surface area (Å²) < 4.78 is 43.3. The largest absolute Gasteiger partial charge is 0.481 e. The summed E-state index contributed by atoms with van der Waals surface area (Å²) in [6.07, 6.45) is -2.36. The second-order valence-corrected chi connectivity index (χ2v) is 11.6. The summed E-state index contributed by atoms with van der Waals surface area (Å²) >= 11 is 0. The van der Waals surface area contributed by atoms with Crippen LogP contribution in [0.25, 0.3) is 11.3 Å². The number of hydrogen-bond donors (Lipinski definition) is 3. The molecule has 0 radical (unpaired) electrons. The van der Waals surface area contributed by atoms with Gasteiger partial charge in [-0.3, -0.25) is 4.79 Å². The fourth-order valence-corrected chi connectivity index (χ4v) is 5.51. The molecule has 3 rings (SSSR count). The lowest BCUT2D eigenvalue weighted by Crippen LogP contribution is -2.31. The van der Waals surface area contributed by atoms with Crippen molar-refractivity contribution in [2.45, 2.75) is 63.5 Å². The molecular formula is C27H34FN3O6S. The lowest BCUT2D eigenvalue weighted by atomic mass is 10.0. The van der Waals surface area contributed by atoms with Crippen molar-refractivity contribution in [3.63, 3.8) is 0 Å². The smallest absolute Gasteiger partial charge is 0.305 e. The minimum atomic E-state index is -3.82. The minimum Gasteiger partial charge on any atom is -0.481 e. The number of halogens is 1. The van der Waals surface area contributed by atoms with E-state index in [1.54, 1.807) is 41.0 Å². The molecule has 2 unspecified atom stereocenters. The Labute approximate surface area is 222 Å². The molecule has 206 valence electrons. The molecule has 0 saturated heterocycles. The highest BCUT2D eigenvalue weighted by atomic mass is 32.2. The maximum Gasteiger partial charge on any atom is 0.305 e. The first kappa shape index (κ1) is 29.3. The van der Waals surface area contributed by atoms with Gasteiger partial charge in [-0.15, -0.1) is 0 Å². The first-order chi connectivity index (χ1) is 17.9. The van der Waals surface area contributed by atoms with Crippen molar-refractivity contribution in [3.8, 4) is 11.3 Å². The summed E-state index contributed by atoms with van der Waals surface area (Å²) in [6, 6.07) is 14.3. The number of carboxylic acid groups (broad SMARTS) is 1. The number of carboxylic acids is 1. The maximum absolute atomic E-state index is 13.7. The summed E-state index contributed by atoms with van der Waals surface area (Å²) in [5.74, 6) is -1.63. The van der Waals surface area contributed by atoms with Crippen LogP contribution in [0.2, 0.25) is 0 Å². The first-order valence-corrected chi connectivity index (χ1v) is 14.0. The molecule has 11 heteroatoms. The average molecular weight is 548 g/mol. The lowest BCUT2D eigenvalue weighted by Gasteiger charge is -2.23. The molecule has 38 heavy (non-hydrogen) atoms. The Morgan fingerprint density at radius 3 is 2.26 bits per heavy atom. The average Bonchev–Trinajstić information content (AvgIpc) is 3.22. The van der Waals surface area contributed by atoms with Gasteiger partial charge in [0.1, 0.15) is 5.82 Å². The fraction of sp³-hybridized carbons (Fsp3) is 0.407. The molecule has 0 aliphatic rings. The number of aliphatic carboxylic acids is 1. The molecule has 0 aliphatic heterocycles. The van der Waals surface area contributed by atoms with Crippen LogP contribution in [0.1, 0.15) is 50.4 Å². The topological polar surface area (TPSA) is 133 Å². The van der Waals surface area contributed by atoms with Crippen molar-refractivity contribution in [2.75, 3.05) is 11.4 Å². The van der Waals surface area contributed by atoms with Gasteiger partial charge in [0.05, 0.1) is 30.1 Å². The fourth-order valence-electron chi connectivity index (χ4n) is 4.32. The van der Waals surface area contributed by atoms with Crippen LogP contribution in [-0.2, 0) is 27.0 Å². The standard InChI is InChI=1S/C27H34FN3O6S/c1-18(2)31-24(14-13-22(32)15-23(33)16-25(34)35)26(20-9-11-21(28)12-10-20)29-27(31)30(3)38(36,37)17-19-7-5-4-6-8-19/h4-12,18,22-23,32-33H,13-17H2,1-3H3,(H,34,35). The van der Waals surface area contributed by atoms with E-state index in [1.807, 2.05) is 19.9 Å². The van der Waals surface area contributed by atoms with Crippen molar-refractivity contribution in [2.24, 2.45) is 0 Å². The zero-order valence-corrected chi connectivity index (χ0v) is 22.5. The maximum atomic E-state index is 13.7. The molecule has 0 spiro atoms. The molecule has 2 atom stereocenters. The molecule has 0 amide bonds. The molecule has 3 aromatic rings. The molecule has 0 aliphatic carbocycles. The summed E-state index contributed by atoms with van der Waals surface area (Å²) in [4.78, 5) is 15.5. The van der Waals surface area contributed by atoms with Crippen LogP contribution in [0, 0.1) is 5.82 Å². The van der Waals surface area contributed by atoms with Gasteiger partial charge in [0.15, 0.2) is 0 Å². The SMILES string of the molecule is CC(C)n1c(N(C)S(=O)(=O)Cc2ccccc2)nc(-c2ccc(F)cc2)c1CCC(O)CC(O)CC(=O)O. The van der Waals surface area contributed by atoms with Crippen LogP contribution in [0.15, 0.2) is 54.6 Å². The molecule has 2 aromatic carbocycles. The van der Waals surface area contributed by atoms with Gasteiger partial charge in [0, 0.05) is 24.3 Å². The van der Waals surface area contributed by atoms with E-state index in [0.29, 0.717) is 22.5 Å². The highest BCUT2D eigenvalue weighted by Gasteiger charge is 2.29. The molecule has 9 nitrogen and oxygen atoms in total. The van der Waals surface area contributed by atoms with Crippen molar-refractivity contribution in [3.05, 3.63) is 71.7 Å². The number of aliphatic hydroxyl groups excluding tert-OH is 2. The highest BCUT2D eigenvalue weighted by molar-refractivity contribution is 7.92. The van der Waals surface area contributed by atoms with Gasteiger partial charge >= 0.3 is 5.97 Å². The normalized spacial score (nSPS) is 13.4. The van der Waals surface area contributed by atoms with Gasteiger partial charge in [0.25, 0.3) is 0 Å². The van der Waals surface area contributed by atoms with E-state index in [9.17, 15) is 27.8 Å². The Bertz CT molecular complexity index is 1330. The number of carbonyl (C=O) groups is 1. The third-order valence-electron chi connectivity index (χ3n) is 6.19. The van der Waals surface area contributed by atoms with Crippen molar-refractivity contribution in [1.82, 2.24) is 9.55 Å².